The van der Waals surface area contributed by atoms with Gasteiger partial charge in [0, 0.05) is 26.2 Å². The topological polar surface area (TPSA) is 107 Å². The predicted octanol–water partition coefficient (Wildman–Crippen LogP) is 5.35. The summed E-state index contributed by atoms with van der Waals surface area (Å²) >= 11 is 0. The van der Waals surface area contributed by atoms with Crippen molar-refractivity contribution in [2.24, 2.45) is 0 Å². The molecule has 3 aromatic rings. The zero-order valence-corrected chi connectivity index (χ0v) is 23.0. The lowest BCUT2D eigenvalue weighted by atomic mass is 9.96. The first-order valence-electron chi connectivity index (χ1n) is 12.3. The van der Waals surface area contributed by atoms with Gasteiger partial charge in [0.05, 0.1) is 24.3 Å². The highest BCUT2D eigenvalue weighted by atomic mass is 19.4. The molecule has 2 aromatic carbocycles. The van der Waals surface area contributed by atoms with E-state index in [1.165, 1.54) is 33.3 Å². The predicted molar refractivity (Wildman–Crippen MR) is 138 cm³/mol. The van der Waals surface area contributed by atoms with Gasteiger partial charge in [0.15, 0.2) is 11.4 Å². The number of aromatic nitrogens is 1. The molecular weight excluding hydrogens is 588 g/mol. The molecule has 0 radical (unpaired) electrons. The van der Waals surface area contributed by atoms with Crippen LogP contribution in [0.2, 0.25) is 0 Å². The number of alkyl halides is 6. The zero-order valence-electron chi connectivity index (χ0n) is 23.0. The molecule has 1 N–H and O–H groups in total. The highest BCUT2D eigenvalue weighted by molar-refractivity contribution is 5.98. The van der Waals surface area contributed by atoms with Gasteiger partial charge in [0.25, 0.3) is 5.91 Å². The number of esters is 1. The Kier molecular flexibility index (Phi) is 10.0. The first-order valence-corrected chi connectivity index (χ1v) is 12.3. The monoisotopic (exact) mass is 613 g/mol. The van der Waals surface area contributed by atoms with Crippen LogP contribution in [0.1, 0.15) is 52.6 Å². The van der Waals surface area contributed by atoms with Crippen LogP contribution in [0.25, 0.3) is 0 Å². The minimum Gasteiger partial charge on any atom is -0.493 e. The number of carbonyl (C=O) groups is 3. The fourth-order valence-corrected chi connectivity index (χ4v) is 3.91. The molecule has 43 heavy (non-hydrogen) atoms. The van der Waals surface area contributed by atoms with Crippen LogP contribution in [0.5, 0.6) is 11.5 Å². The van der Waals surface area contributed by atoms with Gasteiger partial charge in [-0.3, -0.25) is 9.59 Å². The molecule has 1 aromatic heterocycles. The molecule has 0 aliphatic carbocycles. The largest absolute Gasteiger partial charge is 0.493 e. The van der Waals surface area contributed by atoms with Crippen molar-refractivity contribution in [2.75, 3.05) is 14.2 Å². The maximum absolute atomic E-state index is 13.1. The molecule has 230 valence electrons. The fourth-order valence-electron chi connectivity index (χ4n) is 3.91. The second-order valence-electron chi connectivity index (χ2n) is 9.08. The zero-order chi connectivity index (χ0) is 32.1. The fraction of sp³-hybridized carbons (Fsp3) is 0.286. The van der Waals surface area contributed by atoms with Gasteiger partial charge in [-0.15, -0.1) is 5.06 Å². The third-order valence-corrected chi connectivity index (χ3v) is 5.96. The van der Waals surface area contributed by atoms with E-state index in [1.54, 1.807) is 0 Å². The minimum absolute atomic E-state index is 0.0150. The van der Waals surface area contributed by atoms with Crippen molar-refractivity contribution in [2.45, 2.75) is 38.3 Å². The van der Waals surface area contributed by atoms with Crippen molar-refractivity contribution in [3.8, 4) is 11.5 Å². The molecule has 0 aliphatic heterocycles. The normalized spacial score (nSPS) is 12.6. The van der Waals surface area contributed by atoms with Gasteiger partial charge in [-0.05, 0) is 42.3 Å². The van der Waals surface area contributed by atoms with E-state index in [2.05, 4.69) is 10.3 Å². The average molecular weight is 614 g/mol. The number of hydrogen-bond acceptors (Lipinski definition) is 8. The molecule has 1 heterocycles. The molecule has 0 spiro atoms. The molecule has 0 saturated heterocycles. The highest BCUT2D eigenvalue weighted by Crippen LogP contribution is 2.35. The van der Waals surface area contributed by atoms with E-state index in [0.717, 1.165) is 60.5 Å². The molecule has 9 nitrogen and oxygen atoms in total. The number of nitrogens with zero attached hydrogens (tertiary/aromatic N) is 2. The van der Waals surface area contributed by atoms with Crippen LogP contribution in [0.3, 0.4) is 0 Å². The number of hydroxylamine groups is 2. The number of benzene rings is 2. The van der Waals surface area contributed by atoms with Crippen molar-refractivity contribution in [3.05, 3.63) is 88.7 Å². The number of nitrogens with one attached hydrogen (secondary N) is 1. The Morgan fingerprint density at radius 2 is 1.35 bits per heavy atom. The Bertz CT molecular complexity index is 1400. The number of hydrogen-bond donors (Lipinski definition) is 1. The van der Waals surface area contributed by atoms with Crippen LogP contribution in [0, 0.1) is 0 Å². The number of methoxy groups -OCH3 is 1. The Hall–Kier alpha value is -4.66. The summed E-state index contributed by atoms with van der Waals surface area (Å²) in [5, 5.41) is 3.27. The lowest BCUT2D eigenvalue weighted by Crippen LogP contribution is -2.43. The maximum atomic E-state index is 13.1. The van der Waals surface area contributed by atoms with Crippen molar-refractivity contribution >= 4 is 17.8 Å². The molecule has 0 fully saturated rings. The van der Waals surface area contributed by atoms with E-state index < -0.39 is 53.4 Å². The van der Waals surface area contributed by atoms with Crippen LogP contribution in [0.4, 0.5) is 26.3 Å². The summed E-state index contributed by atoms with van der Waals surface area (Å²) in [5.74, 6) is -3.04. The third-order valence-electron chi connectivity index (χ3n) is 5.96. The smallest absolute Gasteiger partial charge is 0.416 e. The number of pyridine rings is 1. The van der Waals surface area contributed by atoms with Crippen molar-refractivity contribution in [1.82, 2.24) is 15.4 Å². The summed E-state index contributed by atoms with van der Waals surface area (Å²) < 4.78 is 88.8. The van der Waals surface area contributed by atoms with Gasteiger partial charge in [-0.1, -0.05) is 24.3 Å². The van der Waals surface area contributed by atoms with Gasteiger partial charge < -0.3 is 19.6 Å². The summed E-state index contributed by atoms with van der Waals surface area (Å²) in [5.41, 5.74) is -1.98. The van der Waals surface area contributed by atoms with Crippen LogP contribution in [-0.4, -0.2) is 48.1 Å². The van der Waals surface area contributed by atoms with Crippen molar-refractivity contribution < 1.29 is 55.0 Å². The van der Waals surface area contributed by atoms with E-state index in [0.29, 0.717) is 0 Å². The molecule has 0 aliphatic rings. The van der Waals surface area contributed by atoms with Crippen LogP contribution < -0.4 is 14.8 Å². The first-order chi connectivity index (χ1) is 20.0. The first kappa shape index (κ1) is 32.8. The molecule has 0 saturated carbocycles. The third kappa shape index (κ3) is 8.22. The van der Waals surface area contributed by atoms with Gasteiger partial charge in [0.1, 0.15) is 6.04 Å². The van der Waals surface area contributed by atoms with E-state index in [-0.39, 0.29) is 28.3 Å². The second kappa shape index (κ2) is 13.1. The number of carbonyl (C=O) groups excluding carboxylic acids is 3. The van der Waals surface area contributed by atoms with Crippen molar-refractivity contribution in [3.63, 3.8) is 0 Å². The van der Waals surface area contributed by atoms with Gasteiger partial charge in [-0.2, -0.15) is 26.3 Å². The molecule has 0 unspecified atom stereocenters. The maximum Gasteiger partial charge on any atom is 0.416 e. The Labute approximate surface area is 241 Å². The summed E-state index contributed by atoms with van der Waals surface area (Å²) in [6.45, 7) is 2.35. The summed E-state index contributed by atoms with van der Waals surface area (Å²) in [4.78, 5) is 46.6. The Balaban J connectivity index is 1.86. The standard InChI is InChI=1S/C28H25F6N3O6/c1-15(36-25(39)22-24(42-16(2)38)21(41-4)13-14-35-22)26(40)43-37(3)23(17-5-9-19(10-6-17)27(29,30)31)18-7-11-20(12-8-18)28(32,33)34/h5-15,23H,1-4H3,(H,36,39)/t15-/m0/s1. The Morgan fingerprint density at radius 3 is 1.77 bits per heavy atom. The summed E-state index contributed by atoms with van der Waals surface area (Å²) in [6.07, 6.45) is -8.07. The van der Waals surface area contributed by atoms with E-state index in [9.17, 15) is 40.7 Å². The molecule has 3 rings (SSSR count). The average Bonchev–Trinajstić information content (AvgIpc) is 2.92. The number of rotatable bonds is 9. The lowest BCUT2D eigenvalue weighted by molar-refractivity contribution is -0.193. The SMILES string of the molecule is COc1ccnc(C(=O)N[C@@H](C)C(=O)ON(C)C(c2ccc(C(F)(F)F)cc2)c2ccc(C(F)(F)F)cc2)c1OC(C)=O. The van der Waals surface area contributed by atoms with Crippen molar-refractivity contribution in [1.29, 1.82) is 0 Å². The summed E-state index contributed by atoms with van der Waals surface area (Å²) in [6, 6.07) is 6.39. The molecule has 15 heteroatoms. The second-order valence-corrected chi connectivity index (χ2v) is 9.08. The number of amides is 1. The van der Waals surface area contributed by atoms with E-state index in [1.807, 2.05) is 0 Å². The summed E-state index contributed by atoms with van der Waals surface area (Å²) in [7, 11) is 2.51. The molecule has 0 bridgehead atoms. The van der Waals surface area contributed by atoms with Crippen LogP contribution >= 0.6 is 0 Å². The van der Waals surface area contributed by atoms with E-state index >= 15 is 0 Å². The van der Waals surface area contributed by atoms with Gasteiger partial charge >= 0.3 is 24.3 Å². The molecular formula is C28H25F6N3O6. The minimum atomic E-state index is -4.64. The van der Waals surface area contributed by atoms with Gasteiger partial charge in [0.2, 0.25) is 5.75 Å². The van der Waals surface area contributed by atoms with Crippen LogP contribution in [-0.2, 0) is 26.8 Å². The Morgan fingerprint density at radius 1 is 0.860 bits per heavy atom. The van der Waals surface area contributed by atoms with Crippen LogP contribution in [0.15, 0.2) is 60.8 Å². The quantitative estimate of drug-likeness (QED) is 0.196. The molecule has 1 amide bonds. The number of halogens is 6. The van der Waals surface area contributed by atoms with Gasteiger partial charge in [-0.25, -0.2) is 9.78 Å². The highest BCUT2D eigenvalue weighted by Gasteiger charge is 2.33. The number of ether oxygens (including phenoxy) is 2. The van der Waals surface area contributed by atoms with E-state index in [4.69, 9.17) is 14.3 Å². The lowest BCUT2D eigenvalue weighted by Gasteiger charge is -2.29. The molecule has 1 atom stereocenters.